The summed E-state index contributed by atoms with van der Waals surface area (Å²) in [6.45, 7) is 3.13. The normalized spacial score (nSPS) is 19.9. The topological polar surface area (TPSA) is 114 Å². The fourth-order valence-corrected chi connectivity index (χ4v) is 6.11. The number of rotatable bonds is 10. The van der Waals surface area contributed by atoms with Gasteiger partial charge in [0.25, 0.3) is 10.2 Å². The van der Waals surface area contributed by atoms with E-state index < -0.39 is 10.2 Å². The molecule has 202 valence electrons. The molecule has 0 saturated carbocycles. The average Bonchev–Trinajstić information content (AvgIpc) is 2.89. The summed E-state index contributed by atoms with van der Waals surface area (Å²) in [5, 5.41) is 5.18. The number of aldehydes is 1. The third kappa shape index (κ3) is 7.02. The van der Waals surface area contributed by atoms with Gasteiger partial charge in [-0.25, -0.2) is 9.99 Å². The Morgan fingerprint density at radius 1 is 1.05 bits per heavy atom. The molecule has 3 heterocycles. The minimum absolute atomic E-state index is 0.250. The predicted octanol–water partition coefficient (Wildman–Crippen LogP) is 1.81. The Morgan fingerprint density at radius 3 is 2.46 bits per heavy atom. The fourth-order valence-electron chi connectivity index (χ4n) is 4.97. The number of hydrogen-bond donors (Lipinski definition) is 2. The van der Waals surface area contributed by atoms with E-state index in [9.17, 15) is 13.2 Å². The molecule has 2 aliphatic rings. The van der Waals surface area contributed by atoms with Crippen molar-refractivity contribution in [1.29, 1.82) is 0 Å². The molecule has 0 radical (unpaired) electrons. The molecule has 0 spiro atoms. The molecule has 2 aliphatic heterocycles. The van der Waals surface area contributed by atoms with Crippen LogP contribution in [0.5, 0.6) is 0 Å². The number of hydrazine groups is 1. The molecule has 11 nitrogen and oxygen atoms in total. The van der Waals surface area contributed by atoms with Crippen molar-refractivity contribution in [1.82, 2.24) is 29.0 Å². The summed E-state index contributed by atoms with van der Waals surface area (Å²) in [6.07, 6.45) is 8.09. The lowest BCUT2D eigenvalue weighted by molar-refractivity contribution is -0.109. The van der Waals surface area contributed by atoms with Crippen LogP contribution in [0, 0.1) is 0 Å². The summed E-state index contributed by atoms with van der Waals surface area (Å²) in [6, 6.07) is 8.54. The second-order valence-electron chi connectivity index (χ2n) is 9.93. The first-order valence-electron chi connectivity index (χ1n) is 12.8. The van der Waals surface area contributed by atoms with Crippen LogP contribution in [-0.4, -0.2) is 98.2 Å². The highest BCUT2D eigenvalue weighted by atomic mass is 32.2. The summed E-state index contributed by atoms with van der Waals surface area (Å²) in [5.41, 5.74) is 5.53. The van der Waals surface area contributed by atoms with E-state index in [0.29, 0.717) is 31.4 Å². The summed E-state index contributed by atoms with van der Waals surface area (Å²) >= 11 is 0. The first kappa shape index (κ1) is 27.4. The molecule has 1 aromatic carbocycles. The van der Waals surface area contributed by atoms with Crippen molar-refractivity contribution in [3.8, 4) is 0 Å². The maximum atomic E-state index is 12.4. The molecular weight excluding hydrogens is 492 g/mol. The Bertz CT molecular complexity index is 1140. The van der Waals surface area contributed by atoms with Crippen LogP contribution < -0.4 is 15.6 Å². The molecule has 2 N–H and O–H groups in total. The lowest BCUT2D eigenvalue weighted by atomic mass is 9.90. The molecule has 1 aromatic heterocycles. The lowest BCUT2D eigenvalue weighted by Gasteiger charge is -2.35. The standard InChI is InChI=1S/C25H38N8O3S/c1-30(2)37(35,36)33-13-10-21(11-14-33)20-6-8-22(9-7-20)27-24-17-26-18-25(28-24)32-12-4-5-23(19-32)29-31(3)15-16-34/h6-9,16-18,21,23,29H,4-5,10-15,19H2,1-3H3,(H,27,28)/t23-/m1/s1. The van der Waals surface area contributed by atoms with Gasteiger partial charge in [-0.3, -0.25) is 10.4 Å². The van der Waals surface area contributed by atoms with Crippen LogP contribution in [-0.2, 0) is 15.0 Å². The predicted molar refractivity (Wildman–Crippen MR) is 145 cm³/mol. The van der Waals surface area contributed by atoms with Gasteiger partial charge in [-0.05, 0) is 49.3 Å². The number of carbonyl (C=O) groups is 1. The van der Waals surface area contributed by atoms with Crippen LogP contribution in [0.2, 0.25) is 0 Å². The van der Waals surface area contributed by atoms with Gasteiger partial charge in [0.05, 0.1) is 18.9 Å². The molecule has 12 heteroatoms. The van der Waals surface area contributed by atoms with E-state index in [0.717, 1.165) is 56.6 Å². The number of carbonyl (C=O) groups excluding carboxylic acids is 1. The Morgan fingerprint density at radius 2 is 1.78 bits per heavy atom. The molecule has 4 rings (SSSR count). The lowest BCUT2D eigenvalue weighted by Crippen LogP contribution is -2.51. The smallest absolute Gasteiger partial charge is 0.281 e. The molecule has 2 aromatic rings. The van der Waals surface area contributed by atoms with E-state index in [1.165, 1.54) is 9.87 Å². The SMILES string of the molecule is CN(CC=O)N[C@@H]1CCCN(c2cncc(Nc3ccc(C4CCN(S(=O)(=O)N(C)C)CC4)cc3)n2)C1. The van der Waals surface area contributed by atoms with E-state index in [-0.39, 0.29) is 6.04 Å². The van der Waals surface area contributed by atoms with Crippen molar-refractivity contribution in [2.75, 3.05) is 64.1 Å². The van der Waals surface area contributed by atoms with Crippen LogP contribution in [0.15, 0.2) is 36.7 Å². The molecule has 2 saturated heterocycles. The third-order valence-electron chi connectivity index (χ3n) is 7.01. The number of aromatic nitrogens is 2. The summed E-state index contributed by atoms with van der Waals surface area (Å²) in [7, 11) is 1.68. The van der Waals surface area contributed by atoms with Crippen molar-refractivity contribution < 1.29 is 13.2 Å². The van der Waals surface area contributed by atoms with Gasteiger partial charge in [0.1, 0.15) is 12.1 Å². The van der Waals surface area contributed by atoms with Crippen molar-refractivity contribution >= 4 is 33.8 Å². The highest BCUT2D eigenvalue weighted by molar-refractivity contribution is 7.86. The van der Waals surface area contributed by atoms with Crippen molar-refractivity contribution in [2.24, 2.45) is 0 Å². The van der Waals surface area contributed by atoms with Gasteiger partial charge < -0.3 is 15.0 Å². The number of nitrogens with one attached hydrogen (secondary N) is 2. The highest BCUT2D eigenvalue weighted by Crippen LogP contribution is 2.30. The first-order chi connectivity index (χ1) is 17.8. The Labute approximate surface area is 220 Å². The van der Waals surface area contributed by atoms with E-state index in [4.69, 9.17) is 4.98 Å². The van der Waals surface area contributed by atoms with Crippen LogP contribution in [0.25, 0.3) is 0 Å². The van der Waals surface area contributed by atoms with Gasteiger partial charge >= 0.3 is 0 Å². The summed E-state index contributed by atoms with van der Waals surface area (Å²) < 4.78 is 27.6. The van der Waals surface area contributed by atoms with E-state index in [2.05, 4.69) is 32.8 Å². The molecule has 0 aliphatic carbocycles. The molecule has 37 heavy (non-hydrogen) atoms. The number of nitrogens with zero attached hydrogens (tertiary/aromatic N) is 6. The van der Waals surface area contributed by atoms with Crippen molar-refractivity contribution in [3.05, 3.63) is 42.2 Å². The maximum absolute atomic E-state index is 12.4. The van der Waals surface area contributed by atoms with Gasteiger partial charge in [0.2, 0.25) is 0 Å². The third-order valence-corrected chi connectivity index (χ3v) is 8.96. The second kappa shape index (κ2) is 12.3. The Hall–Kier alpha value is -2.64. The molecule has 2 fully saturated rings. The van der Waals surface area contributed by atoms with Crippen LogP contribution >= 0.6 is 0 Å². The number of benzene rings is 1. The zero-order valence-electron chi connectivity index (χ0n) is 21.9. The maximum Gasteiger partial charge on any atom is 0.281 e. The van der Waals surface area contributed by atoms with Gasteiger partial charge in [0, 0.05) is 59.1 Å². The quantitative estimate of drug-likeness (QED) is 0.351. The largest absolute Gasteiger partial charge is 0.354 e. The molecule has 1 atom stereocenters. The number of hydrogen-bond acceptors (Lipinski definition) is 9. The minimum Gasteiger partial charge on any atom is -0.354 e. The molecule has 0 bridgehead atoms. The first-order valence-corrected chi connectivity index (χ1v) is 14.2. The van der Waals surface area contributed by atoms with Crippen LogP contribution in [0.4, 0.5) is 17.3 Å². The van der Waals surface area contributed by atoms with Crippen LogP contribution in [0.1, 0.15) is 37.2 Å². The monoisotopic (exact) mass is 530 g/mol. The van der Waals surface area contributed by atoms with E-state index in [1.807, 2.05) is 24.2 Å². The molecular formula is C25H38N8O3S. The molecule has 0 unspecified atom stereocenters. The Kier molecular flexibility index (Phi) is 9.08. The van der Waals surface area contributed by atoms with E-state index in [1.54, 1.807) is 30.8 Å². The van der Waals surface area contributed by atoms with Gasteiger partial charge in [-0.15, -0.1) is 0 Å². The Balaban J connectivity index is 1.33. The van der Waals surface area contributed by atoms with Gasteiger partial charge in [0.15, 0.2) is 5.82 Å². The molecule has 0 amide bonds. The highest BCUT2D eigenvalue weighted by Gasteiger charge is 2.30. The van der Waals surface area contributed by atoms with Crippen LogP contribution in [0.3, 0.4) is 0 Å². The van der Waals surface area contributed by atoms with Crippen molar-refractivity contribution in [3.63, 3.8) is 0 Å². The van der Waals surface area contributed by atoms with Crippen molar-refractivity contribution in [2.45, 2.75) is 37.6 Å². The number of likely N-dealkylation sites (N-methyl/N-ethyl adjacent to an activating group) is 1. The number of piperidine rings is 2. The van der Waals surface area contributed by atoms with E-state index >= 15 is 0 Å². The second-order valence-corrected chi connectivity index (χ2v) is 12.1. The number of anilines is 3. The average molecular weight is 531 g/mol. The zero-order chi connectivity index (χ0) is 26.4. The summed E-state index contributed by atoms with van der Waals surface area (Å²) in [5.74, 6) is 1.85. The van der Waals surface area contributed by atoms with Gasteiger partial charge in [-0.2, -0.15) is 17.0 Å². The minimum atomic E-state index is -3.35. The van der Waals surface area contributed by atoms with Gasteiger partial charge in [-0.1, -0.05) is 12.1 Å². The fraction of sp³-hybridized carbons (Fsp3) is 0.560. The summed E-state index contributed by atoms with van der Waals surface area (Å²) in [4.78, 5) is 22.2. The zero-order valence-corrected chi connectivity index (χ0v) is 22.7.